The van der Waals surface area contributed by atoms with Crippen molar-refractivity contribution in [3.8, 4) is 0 Å². The fourth-order valence-electron chi connectivity index (χ4n) is 1.37. The molecular weight excluding hydrogens is 181 g/mol. The van der Waals surface area contributed by atoms with Crippen LogP contribution < -0.4 is 5.73 Å². The molecule has 0 saturated heterocycles. The van der Waals surface area contributed by atoms with Crippen LogP contribution in [0.5, 0.6) is 0 Å². The second-order valence-electron chi connectivity index (χ2n) is 3.60. The molecule has 0 aromatic heterocycles. The van der Waals surface area contributed by atoms with Crippen molar-refractivity contribution in [1.29, 1.82) is 0 Å². The standard InChI is InChI=1S/C11H14FNO/c1-6-4-7(2)10(12)9(5-6)11(14)8(3)13/h4-5,8H,13H2,1-3H3. The molecule has 0 saturated carbocycles. The number of carbonyl (C=O) groups is 1. The molecule has 1 rings (SSSR count). The van der Waals surface area contributed by atoms with Crippen molar-refractivity contribution in [2.24, 2.45) is 5.73 Å². The lowest BCUT2D eigenvalue weighted by Crippen LogP contribution is -2.27. The maximum Gasteiger partial charge on any atom is 0.182 e. The summed E-state index contributed by atoms with van der Waals surface area (Å²) in [6.45, 7) is 5.02. The van der Waals surface area contributed by atoms with Crippen molar-refractivity contribution in [3.05, 3.63) is 34.6 Å². The number of halogens is 1. The first kappa shape index (κ1) is 10.9. The van der Waals surface area contributed by atoms with Gasteiger partial charge < -0.3 is 5.73 Å². The normalized spacial score (nSPS) is 12.6. The van der Waals surface area contributed by atoms with Gasteiger partial charge >= 0.3 is 0 Å². The lowest BCUT2D eigenvalue weighted by molar-refractivity contribution is 0.0963. The minimum Gasteiger partial charge on any atom is -0.321 e. The Hall–Kier alpha value is -1.22. The summed E-state index contributed by atoms with van der Waals surface area (Å²) in [5, 5.41) is 0. The van der Waals surface area contributed by atoms with Gasteiger partial charge in [-0.3, -0.25) is 4.79 Å². The molecule has 0 aliphatic rings. The third-order valence-corrected chi connectivity index (χ3v) is 2.08. The van der Waals surface area contributed by atoms with Crippen molar-refractivity contribution in [3.63, 3.8) is 0 Å². The zero-order valence-electron chi connectivity index (χ0n) is 8.60. The van der Waals surface area contributed by atoms with Gasteiger partial charge in [-0.2, -0.15) is 0 Å². The van der Waals surface area contributed by atoms with Gasteiger partial charge in [0.1, 0.15) is 5.82 Å². The van der Waals surface area contributed by atoms with E-state index < -0.39 is 11.9 Å². The molecule has 1 aromatic rings. The first-order chi connectivity index (χ1) is 6.43. The molecule has 14 heavy (non-hydrogen) atoms. The number of nitrogens with two attached hydrogens (primary N) is 1. The summed E-state index contributed by atoms with van der Waals surface area (Å²) >= 11 is 0. The van der Waals surface area contributed by atoms with Crippen molar-refractivity contribution in [1.82, 2.24) is 0 Å². The first-order valence-corrected chi connectivity index (χ1v) is 4.50. The Morgan fingerprint density at radius 1 is 1.43 bits per heavy atom. The Morgan fingerprint density at radius 2 is 2.00 bits per heavy atom. The molecule has 1 atom stereocenters. The van der Waals surface area contributed by atoms with Crippen molar-refractivity contribution in [2.45, 2.75) is 26.8 Å². The van der Waals surface area contributed by atoms with E-state index in [1.165, 1.54) is 6.07 Å². The van der Waals surface area contributed by atoms with Gasteiger partial charge in [0.05, 0.1) is 11.6 Å². The van der Waals surface area contributed by atoms with Gasteiger partial charge in [-0.25, -0.2) is 4.39 Å². The number of aryl methyl sites for hydroxylation is 2. The number of ketones is 1. The molecule has 1 unspecified atom stereocenters. The number of hydrogen-bond donors (Lipinski definition) is 1. The minimum absolute atomic E-state index is 0.0949. The van der Waals surface area contributed by atoms with E-state index in [0.717, 1.165) is 5.56 Å². The van der Waals surface area contributed by atoms with Crippen molar-refractivity contribution < 1.29 is 9.18 Å². The summed E-state index contributed by atoms with van der Waals surface area (Å²) in [5.41, 5.74) is 6.86. The van der Waals surface area contributed by atoms with Crippen LogP contribution in [0.2, 0.25) is 0 Å². The summed E-state index contributed by atoms with van der Waals surface area (Å²) in [4.78, 5) is 11.5. The van der Waals surface area contributed by atoms with Gasteiger partial charge in [-0.1, -0.05) is 6.07 Å². The van der Waals surface area contributed by atoms with E-state index in [4.69, 9.17) is 5.73 Å². The van der Waals surface area contributed by atoms with Crippen LogP contribution in [0.1, 0.15) is 28.4 Å². The summed E-state index contributed by atoms with van der Waals surface area (Å²) in [5.74, 6) is -0.813. The van der Waals surface area contributed by atoms with Gasteiger partial charge in [0.25, 0.3) is 0 Å². The van der Waals surface area contributed by atoms with E-state index in [1.54, 1.807) is 19.9 Å². The summed E-state index contributed by atoms with van der Waals surface area (Å²) in [6, 6.07) is 2.58. The molecular formula is C11H14FNO. The Bertz CT molecular complexity index is 372. The smallest absolute Gasteiger partial charge is 0.182 e. The van der Waals surface area contributed by atoms with E-state index in [1.807, 2.05) is 6.92 Å². The maximum absolute atomic E-state index is 13.5. The summed E-state index contributed by atoms with van der Waals surface area (Å²) in [6.07, 6.45) is 0. The summed E-state index contributed by atoms with van der Waals surface area (Å²) in [7, 11) is 0. The van der Waals surface area contributed by atoms with E-state index in [0.29, 0.717) is 5.56 Å². The Kier molecular flexibility index (Phi) is 3.01. The topological polar surface area (TPSA) is 43.1 Å². The van der Waals surface area contributed by atoms with Crippen LogP contribution in [0, 0.1) is 19.7 Å². The predicted molar refractivity (Wildman–Crippen MR) is 53.9 cm³/mol. The quantitative estimate of drug-likeness (QED) is 0.733. The fourth-order valence-corrected chi connectivity index (χ4v) is 1.37. The molecule has 0 aliphatic carbocycles. The third-order valence-electron chi connectivity index (χ3n) is 2.08. The maximum atomic E-state index is 13.5. The van der Waals surface area contributed by atoms with Crippen molar-refractivity contribution >= 4 is 5.78 Å². The Morgan fingerprint density at radius 3 is 2.50 bits per heavy atom. The number of rotatable bonds is 2. The molecule has 0 aliphatic heterocycles. The average Bonchev–Trinajstić information content (AvgIpc) is 2.09. The van der Waals surface area contributed by atoms with Gasteiger partial charge in [0.2, 0.25) is 0 Å². The van der Waals surface area contributed by atoms with Crippen LogP contribution in [0.15, 0.2) is 12.1 Å². The van der Waals surface area contributed by atoms with E-state index >= 15 is 0 Å². The molecule has 0 spiro atoms. The summed E-state index contributed by atoms with van der Waals surface area (Å²) < 4.78 is 13.5. The van der Waals surface area contributed by atoms with Gasteiger partial charge in [0, 0.05) is 0 Å². The number of hydrogen-bond acceptors (Lipinski definition) is 2. The van der Waals surface area contributed by atoms with E-state index in [9.17, 15) is 9.18 Å². The fraction of sp³-hybridized carbons (Fsp3) is 0.364. The first-order valence-electron chi connectivity index (χ1n) is 4.50. The molecule has 0 radical (unpaired) electrons. The second kappa shape index (κ2) is 3.88. The average molecular weight is 195 g/mol. The molecule has 2 N–H and O–H groups in total. The van der Waals surface area contributed by atoms with Crippen LogP contribution in [0.3, 0.4) is 0 Å². The third kappa shape index (κ3) is 1.99. The molecule has 76 valence electrons. The molecule has 0 heterocycles. The van der Waals surface area contributed by atoms with Crippen molar-refractivity contribution in [2.75, 3.05) is 0 Å². The molecule has 1 aromatic carbocycles. The van der Waals surface area contributed by atoms with Gasteiger partial charge in [-0.05, 0) is 38.0 Å². The van der Waals surface area contributed by atoms with E-state index in [2.05, 4.69) is 0 Å². The number of benzene rings is 1. The Labute approximate surface area is 82.9 Å². The minimum atomic E-state index is -0.661. The molecule has 0 amide bonds. The number of carbonyl (C=O) groups excluding carboxylic acids is 1. The molecule has 3 heteroatoms. The highest BCUT2D eigenvalue weighted by Crippen LogP contribution is 2.16. The van der Waals surface area contributed by atoms with Gasteiger partial charge in [-0.15, -0.1) is 0 Å². The highest BCUT2D eigenvalue weighted by atomic mass is 19.1. The molecule has 2 nitrogen and oxygen atoms in total. The lowest BCUT2D eigenvalue weighted by Gasteiger charge is -2.08. The molecule has 0 bridgehead atoms. The largest absolute Gasteiger partial charge is 0.321 e. The van der Waals surface area contributed by atoms with Crippen LogP contribution in [-0.2, 0) is 0 Å². The predicted octanol–water partition coefficient (Wildman–Crippen LogP) is 1.97. The number of Topliss-reactive ketones (excluding diaryl/α,β-unsaturated/α-hetero) is 1. The van der Waals surface area contributed by atoms with Gasteiger partial charge in [0.15, 0.2) is 5.78 Å². The SMILES string of the molecule is Cc1cc(C)c(F)c(C(=O)C(C)N)c1. The monoisotopic (exact) mass is 195 g/mol. The van der Waals surface area contributed by atoms with Crippen LogP contribution in [0.25, 0.3) is 0 Å². The highest BCUT2D eigenvalue weighted by molar-refractivity contribution is 6.00. The van der Waals surface area contributed by atoms with E-state index in [-0.39, 0.29) is 11.3 Å². The second-order valence-corrected chi connectivity index (χ2v) is 3.60. The molecule has 0 fully saturated rings. The van der Waals surface area contributed by atoms with Crippen LogP contribution in [-0.4, -0.2) is 11.8 Å². The highest BCUT2D eigenvalue weighted by Gasteiger charge is 2.17. The van der Waals surface area contributed by atoms with Crippen LogP contribution in [0.4, 0.5) is 4.39 Å². The zero-order valence-corrected chi connectivity index (χ0v) is 8.60. The zero-order chi connectivity index (χ0) is 10.9. The van der Waals surface area contributed by atoms with Crippen LogP contribution >= 0.6 is 0 Å². The lowest BCUT2D eigenvalue weighted by atomic mass is 10.00. The Balaban J connectivity index is 3.27.